The molecule has 1 aliphatic heterocycles. The number of nitrogens with one attached hydrogen (secondary N) is 2. The molecule has 1 amide bonds. The van der Waals surface area contributed by atoms with Crippen molar-refractivity contribution in [3.63, 3.8) is 0 Å². The van der Waals surface area contributed by atoms with Crippen LogP contribution >= 0.6 is 11.8 Å². The Balaban J connectivity index is 2.02. The van der Waals surface area contributed by atoms with Crippen LogP contribution in [0.1, 0.15) is 13.3 Å². The van der Waals surface area contributed by atoms with Gasteiger partial charge < -0.3 is 10.6 Å². The highest BCUT2D eigenvalue weighted by Crippen LogP contribution is 2.20. The molecular weight excluding hydrogens is 232 g/mol. The summed E-state index contributed by atoms with van der Waals surface area (Å²) in [5, 5.41) is 6.21. The van der Waals surface area contributed by atoms with Crippen LogP contribution in [0.3, 0.4) is 0 Å². The van der Waals surface area contributed by atoms with E-state index in [-0.39, 0.29) is 11.9 Å². The third-order valence-electron chi connectivity index (χ3n) is 3.15. The summed E-state index contributed by atoms with van der Waals surface area (Å²) in [4.78, 5) is 13.2. The number of rotatable bonds is 3. The van der Waals surface area contributed by atoms with Gasteiger partial charge in [0.1, 0.15) is 0 Å². The van der Waals surface area contributed by atoms with E-state index in [1.807, 2.05) is 30.5 Å². The highest BCUT2D eigenvalue weighted by molar-refractivity contribution is 7.98. The number of hydrogen-bond acceptors (Lipinski definition) is 3. The summed E-state index contributed by atoms with van der Waals surface area (Å²) in [7, 11) is 0. The Kier molecular flexibility index (Phi) is 4.07. The Hall–Kier alpha value is -1.00. The molecule has 92 valence electrons. The number of hydrogen-bond donors (Lipinski definition) is 2. The zero-order valence-electron chi connectivity index (χ0n) is 10.2. The van der Waals surface area contributed by atoms with Crippen molar-refractivity contribution in [2.45, 2.75) is 24.3 Å². The first-order chi connectivity index (χ1) is 8.20. The maximum absolute atomic E-state index is 12.0. The summed E-state index contributed by atoms with van der Waals surface area (Å²) in [6.07, 6.45) is 3.10. The fourth-order valence-electron chi connectivity index (χ4n) is 2.11. The molecule has 0 aromatic heterocycles. The summed E-state index contributed by atoms with van der Waals surface area (Å²) < 4.78 is 0. The monoisotopic (exact) mass is 250 g/mol. The van der Waals surface area contributed by atoms with Crippen LogP contribution in [-0.2, 0) is 4.79 Å². The molecule has 2 unspecified atom stereocenters. The van der Waals surface area contributed by atoms with Gasteiger partial charge in [0.05, 0.1) is 6.04 Å². The van der Waals surface area contributed by atoms with E-state index in [2.05, 4.69) is 17.6 Å². The second-order valence-corrected chi connectivity index (χ2v) is 5.30. The van der Waals surface area contributed by atoms with E-state index in [1.54, 1.807) is 11.8 Å². The molecular formula is C13H18N2OS. The molecule has 2 N–H and O–H groups in total. The highest BCUT2D eigenvalue weighted by Gasteiger charge is 2.29. The van der Waals surface area contributed by atoms with Crippen molar-refractivity contribution >= 4 is 23.4 Å². The lowest BCUT2D eigenvalue weighted by Crippen LogP contribution is -2.39. The predicted molar refractivity (Wildman–Crippen MR) is 72.4 cm³/mol. The Morgan fingerprint density at radius 3 is 3.00 bits per heavy atom. The molecule has 1 aromatic rings. The van der Waals surface area contributed by atoms with Crippen molar-refractivity contribution in [2.24, 2.45) is 5.92 Å². The van der Waals surface area contributed by atoms with Crippen molar-refractivity contribution in [2.75, 3.05) is 18.1 Å². The van der Waals surface area contributed by atoms with E-state index in [9.17, 15) is 4.79 Å². The van der Waals surface area contributed by atoms with Crippen molar-refractivity contribution < 1.29 is 4.79 Å². The molecule has 0 radical (unpaired) electrons. The van der Waals surface area contributed by atoms with Crippen molar-refractivity contribution in [3.8, 4) is 0 Å². The zero-order chi connectivity index (χ0) is 12.3. The van der Waals surface area contributed by atoms with E-state index >= 15 is 0 Å². The molecule has 3 nitrogen and oxygen atoms in total. The number of carbonyl (C=O) groups is 1. The number of anilines is 1. The normalized spacial score (nSPS) is 23.6. The van der Waals surface area contributed by atoms with Gasteiger partial charge in [0.25, 0.3) is 0 Å². The Bertz CT molecular complexity index is 408. The zero-order valence-corrected chi connectivity index (χ0v) is 11.0. The number of carbonyl (C=O) groups excluding carboxylic acids is 1. The molecule has 0 bridgehead atoms. The van der Waals surface area contributed by atoms with Crippen LogP contribution in [0.5, 0.6) is 0 Å². The quantitative estimate of drug-likeness (QED) is 0.809. The highest BCUT2D eigenvalue weighted by atomic mass is 32.2. The lowest BCUT2D eigenvalue weighted by atomic mass is 10.0. The summed E-state index contributed by atoms with van der Waals surface area (Å²) in [5.41, 5.74) is 0.878. The molecule has 0 saturated carbocycles. The van der Waals surface area contributed by atoms with Crippen LogP contribution in [0, 0.1) is 5.92 Å². The fraction of sp³-hybridized carbons (Fsp3) is 0.462. The maximum atomic E-state index is 12.0. The van der Waals surface area contributed by atoms with Crippen LogP contribution in [0.2, 0.25) is 0 Å². The SMILES string of the molecule is CSc1cccc(NC(=O)C2NCCC2C)c1. The number of benzene rings is 1. The van der Waals surface area contributed by atoms with Crippen molar-refractivity contribution in [3.05, 3.63) is 24.3 Å². The molecule has 1 heterocycles. The van der Waals surface area contributed by atoms with Gasteiger partial charge in [-0.1, -0.05) is 13.0 Å². The minimum Gasteiger partial charge on any atom is -0.325 e. The molecule has 0 spiro atoms. The van der Waals surface area contributed by atoms with Gasteiger partial charge in [-0.05, 0) is 43.3 Å². The largest absolute Gasteiger partial charge is 0.325 e. The van der Waals surface area contributed by atoms with Crippen LogP contribution in [-0.4, -0.2) is 24.7 Å². The fourth-order valence-corrected chi connectivity index (χ4v) is 2.57. The summed E-state index contributed by atoms with van der Waals surface area (Å²) in [6, 6.07) is 7.89. The molecule has 1 aromatic carbocycles. The third-order valence-corrected chi connectivity index (χ3v) is 3.88. The maximum Gasteiger partial charge on any atom is 0.241 e. The van der Waals surface area contributed by atoms with E-state index < -0.39 is 0 Å². The first-order valence-electron chi connectivity index (χ1n) is 5.89. The van der Waals surface area contributed by atoms with Gasteiger partial charge in [0.15, 0.2) is 0 Å². The molecule has 2 atom stereocenters. The van der Waals surface area contributed by atoms with Gasteiger partial charge in [-0.2, -0.15) is 0 Å². The van der Waals surface area contributed by atoms with Crippen LogP contribution in [0.25, 0.3) is 0 Å². The number of thioether (sulfide) groups is 1. The second-order valence-electron chi connectivity index (χ2n) is 4.42. The summed E-state index contributed by atoms with van der Waals surface area (Å²) in [5.74, 6) is 0.493. The molecule has 2 rings (SSSR count). The van der Waals surface area contributed by atoms with E-state index in [0.717, 1.165) is 23.5 Å². The van der Waals surface area contributed by atoms with E-state index in [0.29, 0.717) is 5.92 Å². The minimum atomic E-state index is -0.0482. The van der Waals surface area contributed by atoms with Crippen molar-refractivity contribution in [1.29, 1.82) is 0 Å². The molecule has 4 heteroatoms. The lowest BCUT2D eigenvalue weighted by molar-refractivity contribution is -0.118. The topological polar surface area (TPSA) is 41.1 Å². The Labute approximate surface area is 106 Å². The van der Waals surface area contributed by atoms with E-state index in [4.69, 9.17) is 0 Å². The first-order valence-corrected chi connectivity index (χ1v) is 7.11. The van der Waals surface area contributed by atoms with Gasteiger partial charge in [-0.3, -0.25) is 4.79 Å². The molecule has 1 aliphatic rings. The third kappa shape index (κ3) is 3.01. The predicted octanol–water partition coefficient (Wildman–Crippen LogP) is 2.35. The molecule has 0 aliphatic carbocycles. The second kappa shape index (κ2) is 5.56. The number of amides is 1. The van der Waals surface area contributed by atoms with Gasteiger partial charge in [-0.15, -0.1) is 11.8 Å². The van der Waals surface area contributed by atoms with Gasteiger partial charge in [-0.25, -0.2) is 0 Å². The molecule has 1 fully saturated rings. The summed E-state index contributed by atoms with van der Waals surface area (Å²) >= 11 is 1.68. The van der Waals surface area contributed by atoms with E-state index in [1.165, 1.54) is 0 Å². The Morgan fingerprint density at radius 2 is 2.35 bits per heavy atom. The average molecular weight is 250 g/mol. The molecule has 1 saturated heterocycles. The van der Waals surface area contributed by atoms with Gasteiger partial charge in [0, 0.05) is 10.6 Å². The standard InChI is InChI=1S/C13H18N2OS/c1-9-6-7-14-12(9)13(16)15-10-4-3-5-11(8-10)17-2/h3-5,8-9,12,14H,6-7H2,1-2H3,(H,15,16). The van der Waals surface area contributed by atoms with Crippen LogP contribution < -0.4 is 10.6 Å². The van der Waals surface area contributed by atoms with Crippen LogP contribution in [0.15, 0.2) is 29.2 Å². The minimum absolute atomic E-state index is 0.0482. The van der Waals surface area contributed by atoms with Gasteiger partial charge in [0.2, 0.25) is 5.91 Å². The van der Waals surface area contributed by atoms with Gasteiger partial charge >= 0.3 is 0 Å². The Morgan fingerprint density at radius 1 is 1.53 bits per heavy atom. The first kappa shape index (κ1) is 12.5. The summed E-state index contributed by atoms with van der Waals surface area (Å²) in [6.45, 7) is 3.05. The van der Waals surface area contributed by atoms with Crippen LogP contribution in [0.4, 0.5) is 5.69 Å². The lowest BCUT2D eigenvalue weighted by Gasteiger charge is -2.15. The average Bonchev–Trinajstić information content (AvgIpc) is 2.76. The van der Waals surface area contributed by atoms with Crippen molar-refractivity contribution in [1.82, 2.24) is 5.32 Å². The smallest absolute Gasteiger partial charge is 0.241 e. The molecule has 17 heavy (non-hydrogen) atoms.